The standard InChI is InChI=1S/C22H20ClF7N2O4S/c1-10-9-13(20(24,21(25,26)27)22(28,29)30)7-8-16(10)32-18(33)14-5-4-6-15(23)17(14)19(34)31-11(2)12(3)37(35)36/h4-9,11-12H,1-3H3,(H,31,34)(H,32,33)(H,35,36)/t11-,12-/m0/s1. The molecule has 0 aliphatic heterocycles. The Morgan fingerprint density at radius 1 is 0.973 bits per heavy atom. The summed E-state index contributed by atoms with van der Waals surface area (Å²) in [7, 11) is 0. The number of hydrogen-bond acceptors (Lipinski definition) is 3. The lowest BCUT2D eigenvalue weighted by molar-refractivity contribution is -0.348. The summed E-state index contributed by atoms with van der Waals surface area (Å²) in [5.41, 5.74) is -8.61. The van der Waals surface area contributed by atoms with Crippen molar-refractivity contribution in [3.05, 3.63) is 63.7 Å². The molecule has 2 aromatic carbocycles. The highest BCUT2D eigenvalue weighted by atomic mass is 35.5. The van der Waals surface area contributed by atoms with Crippen LogP contribution in [0.1, 0.15) is 45.7 Å². The maximum absolute atomic E-state index is 14.3. The van der Waals surface area contributed by atoms with Gasteiger partial charge in [-0.25, -0.2) is 8.60 Å². The fourth-order valence-corrected chi connectivity index (χ4v) is 3.89. The molecule has 3 atom stereocenters. The zero-order chi connectivity index (χ0) is 28.5. The third kappa shape index (κ3) is 6.24. The Bertz CT molecular complexity index is 1210. The van der Waals surface area contributed by atoms with Crippen molar-refractivity contribution in [3.63, 3.8) is 0 Å². The molecule has 1 unspecified atom stereocenters. The van der Waals surface area contributed by atoms with E-state index in [1.54, 1.807) is 0 Å². The zero-order valence-electron chi connectivity index (χ0n) is 19.2. The van der Waals surface area contributed by atoms with Gasteiger partial charge in [0.25, 0.3) is 11.8 Å². The van der Waals surface area contributed by atoms with Gasteiger partial charge in [0, 0.05) is 17.3 Å². The van der Waals surface area contributed by atoms with Crippen LogP contribution in [0.15, 0.2) is 36.4 Å². The highest BCUT2D eigenvalue weighted by Gasteiger charge is 2.73. The first-order chi connectivity index (χ1) is 16.8. The average Bonchev–Trinajstić information content (AvgIpc) is 2.77. The lowest BCUT2D eigenvalue weighted by Gasteiger charge is -2.30. The van der Waals surface area contributed by atoms with Crippen LogP contribution in [-0.4, -0.2) is 44.2 Å². The molecule has 0 radical (unpaired) electrons. The highest BCUT2D eigenvalue weighted by molar-refractivity contribution is 7.79. The Morgan fingerprint density at radius 3 is 2.03 bits per heavy atom. The summed E-state index contributed by atoms with van der Waals surface area (Å²) >= 11 is 3.80. The van der Waals surface area contributed by atoms with Gasteiger partial charge in [0.05, 0.1) is 21.4 Å². The summed E-state index contributed by atoms with van der Waals surface area (Å²) < 4.78 is 113. The molecule has 37 heavy (non-hydrogen) atoms. The number of carbonyl (C=O) groups excluding carboxylic acids is 2. The van der Waals surface area contributed by atoms with E-state index in [0.717, 1.165) is 6.92 Å². The molecule has 0 spiro atoms. The maximum atomic E-state index is 14.3. The van der Waals surface area contributed by atoms with Crippen molar-refractivity contribution >= 4 is 40.2 Å². The van der Waals surface area contributed by atoms with E-state index in [2.05, 4.69) is 10.6 Å². The summed E-state index contributed by atoms with van der Waals surface area (Å²) in [6.07, 6.45) is -12.6. The zero-order valence-corrected chi connectivity index (χ0v) is 20.8. The van der Waals surface area contributed by atoms with Crippen molar-refractivity contribution in [2.45, 2.75) is 50.1 Å². The lowest BCUT2D eigenvalue weighted by atomic mass is 9.92. The third-order valence-electron chi connectivity index (χ3n) is 5.52. The smallest absolute Gasteiger partial charge is 0.348 e. The van der Waals surface area contributed by atoms with Crippen molar-refractivity contribution in [2.24, 2.45) is 0 Å². The number of nitrogens with one attached hydrogen (secondary N) is 2. The normalized spacial score (nSPS) is 15.0. The van der Waals surface area contributed by atoms with Crippen LogP contribution in [0.3, 0.4) is 0 Å². The van der Waals surface area contributed by atoms with E-state index < -0.39 is 57.8 Å². The minimum absolute atomic E-state index is 0.181. The van der Waals surface area contributed by atoms with Gasteiger partial charge in [0.1, 0.15) is 0 Å². The average molecular weight is 577 g/mol. The Labute approximate surface area is 213 Å². The van der Waals surface area contributed by atoms with Gasteiger partial charge in [-0.3, -0.25) is 9.59 Å². The van der Waals surface area contributed by atoms with Crippen molar-refractivity contribution < 1.29 is 49.1 Å². The number of aryl methyl sites for hydroxylation is 1. The van der Waals surface area contributed by atoms with E-state index in [9.17, 15) is 49.1 Å². The third-order valence-corrected chi connectivity index (χ3v) is 6.88. The second kappa shape index (κ2) is 11.0. The summed E-state index contributed by atoms with van der Waals surface area (Å²) in [6.45, 7) is 3.87. The van der Waals surface area contributed by atoms with Crippen molar-refractivity contribution in [2.75, 3.05) is 5.32 Å². The molecule has 0 saturated carbocycles. The molecule has 0 aliphatic carbocycles. The number of halogens is 8. The van der Waals surface area contributed by atoms with Gasteiger partial charge < -0.3 is 15.2 Å². The molecular formula is C22H20ClF7N2O4S. The Kier molecular flexibility index (Phi) is 9.03. The molecule has 0 aromatic heterocycles. The topological polar surface area (TPSA) is 95.5 Å². The van der Waals surface area contributed by atoms with Gasteiger partial charge >= 0.3 is 18.0 Å². The highest BCUT2D eigenvalue weighted by Crippen LogP contribution is 2.53. The molecule has 2 rings (SSSR count). The second-order valence-electron chi connectivity index (χ2n) is 8.04. The molecule has 0 bridgehead atoms. The Balaban J connectivity index is 2.41. The molecule has 204 valence electrons. The summed E-state index contributed by atoms with van der Waals surface area (Å²) in [6, 6.07) is 4.15. The van der Waals surface area contributed by atoms with Crippen LogP contribution in [0.2, 0.25) is 5.02 Å². The van der Waals surface area contributed by atoms with Crippen molar-refractivity contribution in [1.82, 2.24) is 5.32 Å². The number of carbonyl (C=O) groups is 2. The number of hydrogen-bond donors (Lipinski definition) is 3. The van der Waals surface area contributed by atoms with Crippen molar-refractivity contribution in [1.29, 1.82) is 0 Å². The van der Waals surface area contributed by atoms with Crippen LogP contribution in [0.5, 0.6) is 0 Å². The van der Waals surface area contributed by atoms with E-state index in [4.69, 9.17) is 11.6 Å². The summed E-state index contributed by atoms with van der Waals surface area (Å²) in [4.78, 5) is 25.7. The summed E-state index contributed by atoms with van der Waals surface area (Å²) in [5.74, 6) is -1.89. The number of alkyl halides is 7. The molecule has 0 fully saturated rings. The SMILES string of the molecule is Cc1cc(C(F)(C(F)(F)F)C(F)(F)F)ccc1NC(=O)c1cccc(Cl)c1C(=O)N[C@@H](C)[C@H](C)S(=O)O. The van der Waals surface area contributed by atoms with Gasteiger partial charge in [-0.15, -0.1) is 0 Å². The Morgan fingerprint density at radius 2 is 1.54 bits per heavy atom. The van der Waals surface area contributed by atoms with Crippen LogP contribution < -0.4 is 10.6 Å². The van der Waals surface area contributed by atoms with E-state index in [-0.39, 0.29) is 33.5 Å². The lowest BCUT2D eigenvalue weighted by Crippen LogP contribution is -2.50. The molecular weight excluding hydrogens is 557 g/mol. The van der Waals surface area contributed by atoms with Crippen LogP contribution in [0, 0.1) is 6.92 Å². The maximum Gasteiger partial charge on any atom is 0.435 e. The first-order valence-electron chi connectivity index (χ1n) is 10.3. The fourth-order valence-electron chi connectivity index (χ4n) is 3.21. The number of rotatable bonds is 7. The van der Waals surface area contributed by atoms with Gasteiger partial charge in [0.2, 0.25) is 0 Å². The molecule has 2 amide bonds. The molecule has 0 heterocycles. The predicted molar refractivity (Wildman–Crippen MR) is 123 cm³/mol. The number of benzene rings is 2. The van der Waals surface area contributed by atoms with Crippen LogP contribution in [0.4, 0.5) is 36.4 Å². The minimum atomic E-state index is -6.30. The minimum Gasteiger partial charge on any atom is -0.348 e. The van der Waals surface area contributed by atoms with Crippen LogP contribution >= 0.6 is 11.6 Å². The summed E-state index contributed by atoms with van der Waals surface area (Å²) in [5, 5.41) is 3.61. The molecule has 6 nitrogen and oxygen atoms in total. The molecule has 0 aliphatic rings. The second-order valence-corrected chi connectivity index (χ2v) is 9.75. The van der Waals surface area contributed by atoms with Gasteiger partial charge in [-0.1, -0.05) is 29.8 Å². The van der Waals surface area contributed by atoms with E-state index >= 15 is 0 Å². The Hall–Kier alpha value is -2.71. The van der Waals surface area contributed by atoms with Crippen LogP contribution in [-0.2, 0) is 16.7 Å². The molecule has 2 aromatic rings. The van der Waals surface area contributed by atoms with E-state index in [1.807, 2.05) is 0 Å². The van der Waals surface area contributed by atoms with E-state index in [1.165, 1.54) is 32.0 Å². The van der Waals surface area contributed by atoms with Gasteiger partial charge in [-0.05, 0) is 44.5 Å². The first-order valence-corrected chi connectivity index (χ1v) is 11.8. The van der Waals surface area contributed by atoms with Crippen LogP contribution in [0.25, 0.3) is 0 Å². The first kappa shape index (κ1) is 30.5. The van der Waals surface area contributed by atoms with Crippen molar-refractivity contribution in [3.8, 4) is 0 Å². The molecule has 0 saturated heterocycles. The number of amides is 2. The number of anilines is 1. The van der Waals surface area contributed by atoms with Gasteiger partial charge in [-0.2, -0.15) is 26.3 Å². The monoisotopic (exact) mass is 576 g/mol. The quantitative estimate of drug-likeness (QED) is 0.282. The molecule has 3 N–H and O–H groups in total. The fraction of sp³-hybridized carbons (Fsp3) is 0.364. The molecule has 15 heteroatoms. The largest absolute Gasteiger partial charge is 0.435 e. The predicted octanol–water partition coefficient (Wildman–Crippen LogP) is 5.92. The van der Waals surface area contributed by atoms with E-state index in [0.29, 0.717) is 12.1 Å². The van der Waals surface area contributed by atoms with Gasteiger partial charge in [0.15, 0.2) is 11.1 Å².